The molecule has 0 aromatic rings. The molecule has 0 spiro atoms. The van der Waals surface area contributed by atoms with E-state index in [2.05, 4.69) is 22.5 Å². The van der Waals surface area contributed by atoms with Gasteiger partial charge in [0.2, 0.25) is 11.8 Å². The van der Waals surface area contributed by atoms with Crippen molar-refractivity contribution in [2.45, 2.75) is 226 Å². The SMILES string of the molecule is CC(C)(C)OC(=O)NC1CCCCCC1=O.CCN1CCCCC(N)C1.CCN1CCCCC(N)C1=O.CCN1CCCCC(NC(=O)OC(C)(C)C)C1=O.NC1CCCCCC1=O. The van der Waals surface area contributed by atoms with Crippen molar-refractivity contribution >= 4 is 35.6 Å². The number of likely N-dealkylation sites (tertiary alicyclic amines) is 3. The lowest BCUT2D eigenvalue weighted by Crippen LogP contribution is -2.48. The van der Waals surface area contributed by atoms with Crippen molar-refractivity contribution < 1.29 is 38.2 Å². The fourth-order valence-electron chi connectivity index (χ4n) is 7.94. The van der Waals surface area contributed by atoms with E-state index >= 15 is 0 Å². The molecule has 0 aromatic carbocycles. The minimum absolute atomic E-state index is 0.000796. The minimum Gasteiger partial charge on any atom is -0.444 e. The van der Waals surface area contributed by atoms with Gasteiger partial charge in [-0.15, -0.1) is 0 Å². The van der Waals surface area contributed by atoms with Crippen molar-refractivity contribution in [1.82, 2.24) is 25.3 Å². The van der Waals surface area contributed by atoms with Gasteiger partial charge < -0.3 is 52.0 Å². The van der Waals surface area contributed by atoms with Crippen molar-refractivity contribution in [3.63, 3.8) is 0 Å². The number of alkyl carbamates (subject to hydrolysis) is 2. The van der Waals surface area contributed by atoms with E-state index in [1.807, 2.05) is 39.5 Å². The molecule has 2 aliphatic carbocycles. The molecule has 2 saturated carbocycles. The number of hydrogen-bond acceptors (Lipinski definition) is 12. The van der Waals surface area contributed by atoms with Gasteiger partial charge in [0.05, 0.1) is 18.1 Å². The highest BCUT2D eigenvalue weighted by atomic mass is 16.6. The third kappa shape index (κ3) is 26.6. The number of nitrogens with one attached hydrogen (secondary N) is 2. The third-order valence-corrected chi connectivity index (χ3v) is 11.6. The van der Waals surface area contributed by atoms with Crippen LogP contribution in [-0.4, -0.2) is 137 Å². The molecule has 5 rings (SSSR count). The summed E-state index contributed by atoms with van der Waals surface area (Å²) in [5.41, 5.74) is 16.0. The van der Waals surface area contributed by atoms with Crippen molar-refractivity contribution in [1.29, 1.82) is 0 Å². The number of nitrogens with two attached hydrogens (primary N) is 3. The highest BCUT2D eigenvalue weighted by molar-refractivity contribution is 5.88. The summed E-state index contributed by atoms with van der Waals surface area (Å²) in [5.74, 6) is 0.515. The Morgan fingerprint density at radius 2 is 0.969 bits per heavy atom. The van der Waals surface area contributed by atoms with E-state index in [1.165, 1.54) is 32.2 Å². The fourth-order valence-corrected chi connectivity index (χ4v) is 7.94. The molecular weight excluding hydrogens is 817 g/mol. The van der Waals surface area contributed by atoms with Gasteiger partial charge in [0.25, 0.3) is 0 Å². The lowest BCUT2D eigenvalue weighted by molar-refractivity contribution is -0.133. The summed E-state index contributed by atoms with van der Waals surface area (Å²) in [5, 5.41) is 5.33. The van der Waals surface area contributed by atoms with Gasteiger partial charge in [0, 0.05) is 51.6 Å². The van der Waals surface area contributed by atoms with E-state index in [0.29, 0.717) is 31.8 Å². The van der Waals surface area contributed by atoms with Gasteiger partial charge in [-0.05, 0) is 146 Å². The Morgan fingerprint density at radius 1 is 0.531 bits per heavy atom. The monoisotopic (exact) mass is 909 g/mol. The van der Waals surface area contributed by atoms with Crippen molar-refractivity contribution in [3.8, 4) is 0 Å². The highest BCUT2D eigenvalue weighted by Crippen LogP contribution is 2.17. The van der Waals surface area contributed by atoms with Crippen LogP contribution < -0.4 is 27.8 Å². The van der Waals surface area contributed by atoms with Gasteiger partial charge in [0.15, 0.2) is 5.78 Å². The molecule has 3 heterocycles. The number of Topliss-reactive ketones (excluding diaryl/α,β-unsaturated/α-hetero) is 2. The summed E-state index contributed by atoms with van der Waals surface area (Å²) in [6.07, 6.45) is 17.8. The molecule has 16 nitrogen and oxygen atoms in total. The Bertz CT molecular complexity index is 1390. The largest absolute Gasteiger partial charge is 0.444 e. The highest BCUT2D eigenvalue weighted by Gasteiger charge is 2.29. The van der Waals surface area contributed by atoms with E-state index in [0.717, 1.165) is 110 Å². The van der Waals surface area contributed by atoms with E-state index < -0.39 is 29.4 Å². The van der Waals surface area contributed by atoms with Crippen molar-refractivity contribution in [2.24, 2.45) is 17.2 Å². The lowest BCUT2D eigenvalue weighted by Gasteiger charge is -2.25. The topological polar surface area (TPSA) is 233 Å². The van der Waals surface area contributed by atoms with Gasteiger partial charge in [-0.2, -0.15) is 0 Å². The maximum atomic E-state index is 12.1. The van der Waals surface area contributed by atoms with Crippen LogP contribution in [0.4, 0.5) is 9.59 Å². The van der Waals surface area contributed by atoms with Crippen LogP contribution in [0.15, 0.2) is 0 Å². The van der Waals surface area contributed by atoms with Gasteiger partial charge in [-0.3, -0.25) is 19.2 Å². The second-order valence-electron chi connectivity index (χ2n) is 19.7. The van der Waals surface area contributed by atoms with Crippen LogP contribution in [0.3, 0.4) is 0 Å². The molecule has 0 bridgehead atoms. The smallest absolute Gasteiger partial charge is 0.408 e. The Morgan fingerprint density at radius 3 is 1.52 bits per heavy atom. The third-order valence-electron chi connectivity index (χ3n) is 11.6. The number of carbonyl (C=O) groups is 6. The number of ether oxygens (including phenoxy) is 2. The zero-order chi connectivity index (χ0) is 48.3. The second-order valence-corrected chi connectivity index (χ2v) is 19.7. The first-order valence-electron chi connectivity index (χ1n) is 24.7. The van der Waals surface area contributed by atoms with Gasteiger partial charge in [0.1, 0.15) is 23.0 Å². The maximum absolute atomic E-state index is 12.1. The number of rotatable bonds is 5. The molecule has 3 aliphatic heterocycles. The summed E-state index contributed by atoms with van der Waals surface area (Å²) in [6.45, 7) is 23.7. The molecule has 0 radical (unpaired) electrons. The summed E-state index contributed by atoms with van der Waals surface area (Å²) in [6, 6.07) is -0.743. The normalized spacial score (nSPS) is 25.2. The predicted molar refractivity (Wildman–Crippen MR) is 255 cm³/mol. The van der Waals surface area contributed by atoms with Gasteiger partial charge in [-0.1, -0.05) is 39.0 Å². The number of carbonyl (C=O) groups excluding carboxylic acids is 6. The average Bonchev–Trinajstić information content (AvgIpc) is 3.76. The molecule has 3 saturated heterocycles. The molecule has 5 aliphatic rings. The predicted octanol–water partition coefficient (Wildman–Crippen LogP) is 6.34. The lowest BCUT2D eigenvalue weighted by atomic mass is 10.1. The summed E-state index contributed by atoms with van der Waals surface area (Å²) >= 11 is 0. The molecule has 5 fully saturated rings. The number of ketones is 2. The van der Waals surface area contributed by atoms with Crippen LogP contribution in [0.1, 0.15) is 184 Å². The fraction of sp³-hybridized carbons (Fsp3) is 0.875. The molecule has 4 amide bonds. The maximum Gasteiger partial charge on any atom is 0.408 e. The van der Waals surface area contributed by atoms with Crippen LogP contribution in [0.2, 0.25) is 0 Å². The van der Waals surface area contributed by atoms with Gasteiger partial charge in [-0.25, -0.2) is 9.59 Å². The van der Waals surface area contributed by atoms with E-state index in [-0.39, 0.29) is 41.5 Å². The molecule has 64 heavy (non-hydrogen) atoms. The second kappa shape index (κ2) is 31.6. The Labute approximate surface area is 386 Å². The zero-order valence-corrected chi connectivity index (χ0v) is 41.6. The van der Waals surface area contributed by atoms with Crippen LogP contribution in [0.5, 0.6) is 0 Å². The Hall–Kier alpha value is -3.34. The molecular formula is C48H92N8O8. The molecule has 8 N–H and O–H groups in total. The van der Waals surface area contributed by atoms with Crippen LogP contribution >= 0.6 is 0 Å². The average molecular weight is 909 g/mol. The Balaban J connectivity index is 0.000000410. The number of hydrogen-bond donors (Lipinski definition) is 5. The summed E-state index contributed by atoms with van der Waals surface area (Å²) in [7, 11) is 0. The number of likely N-dealkylation sites (N-methyl/N-ethyl adjacent to an activating group) is 3. The van der Waals surface area contributed by atoms with Gasteiger partial charge >= 0.3 is 12.2 Å². The van der Waals surface area contributed by atoms with E-state index in [1.54, 1.807) is 25.7 Å². The van der Waals surface area contributed by atoms with Crippen LogP contribution in [0, 0.1) is 0 Å². The molecule has 5 unspecified atom stereocenters. The first kappa shape index (κ1) is 58.7. The first-order chi connectivity index (χ1) is 30.1. The van der Waals surface area contributed by atoms with Crippen molar-refractivity contribution in [2.75, 3.05) is 45.8 Å². The number of nitrogens with zero attached hydrogens (tertiary/aromatic N) is 3. The standard InChI is InChI=1S/C13H24N2O3.C12H21NO3.C8H16N2O.C8H18N2.C7H13NO/c1-5-15-9-7-6-8-10(11(15)16)14-12(17)18-13(2,3)4;1-12(2,3)16-11(15)13-9-7-5-4-6-8-10(9)14;1-2-10-6-4-3-5-7(9)8(10)11;1-2-10-6-4-3-5-8(9)7-10;8-6-4-2-1-3-5-7(6)9/h10H,5-9H2,1-4H3,(H,14,17);9H,4-8H2,1-3H3,(H,13,15);7H,2-6,9H2,1H3;8H,2-7,9H2,1H3;6H,1-5,8H2. The molecule has 372 valence electrons. The summed E-state index contributed by atoms with van der Waals surface area (Å²) in [4.78, 5) is 75.3. The zero-order valence-electron chi connectivity index (χ0n) is 41.6. The Kier molecular flexibility index (Phi) is 28.9. The molecule has 16 heteroatoms. The molecule has 5 atom stereocenters. The van der Waals surface area contributed by atoms with Crippen LogP contribution in [0.25, 0.3) is 0 Å². The minimum atomic E-state index is -0.539. The van der Waals surface area contributed by atoms with E-state index in [9.17, 15) is 28.8 Å². The van der Waals surface area contributed by atoms with Crippen molar-refractivity contribution in [3.05, 3.63) is 0 Å². The van der Waals surface area contributed by atoms with Crippen LogP contribution in [-0.2, 0) is 28.7 Å². The first-order valence-corrected chi connectivity index (χ1v) is 24.7. The molecule has 0 aromatic heterocycles. The summed E-state index contributed by atoms with van der Waals surface area (Å²) < 4.78 is 10.3. The quantitative estimate of drug-likeness (QED) is 0.190. The number of amides is 4. The van der Waals surface area contributed by atoms with E-state index in [4.69, 9.17) is 26.7 Å².